The zero-order valence-electron chi connectivity index (χ0n) is 16.8. The molecule has 0 amide bonds. The molecule has 0 spiro atoms. The molecular formula is C23H15Cl2N7. The van der Waals surface area contributed by atoms with E-state index in [1.165, 1.54) is 0 Å². The number of nitrogens with zero attached hydrogens (tertiary/aromatic N) is 7. The van der Waals surface area contributed by atoms with Crippen molar-refractivity contribution in [1.82, 2.24) is 33.7 Å². The highest BCUT2D eigenvalue weighted by Gasteiger charge is 2.23. The number of benzene rings is 2. The number of rotatable bonds is 3. The van der Waals surface area contributed by atoms with E-state index in [1.54, 1.807) is 24.8 Å². The Morgan fingerprint density at radius 2 is 1.84 bits per heavy atom. The summed E-state index contributed by atoms with van der Waals surface area (Å²) in [5, 5.41) is 9.80. The third-order valence-electron chi connectivity index (χ3n) is 5.46. The maximum absolute atomic E-state index is 6.55. The van der Waals surface area contributed by atoms with E-state index in [9.17, 15) is 0 Å². The minimum Gasteiger partial charge on any atom is -0.334 e. The average molecular weight is 460 g/mol. The van der Waals surface area contributed by atoms with Crippen molar-refractivity contribution in [2.24, 2.45) is 7.05 Å². The van der Waals surface area contributed by atoms with Crippen molar-refractivity contribution in [1.29, 1.82) is 0 Å². The smallest absolute Gasteiger partial charge is 0.187 e. The van der Waals surface area contributed by atoms with E-state index in [1.807, 2.05) is 69.2 Å². The van der Waals surface area contributed by atoms with Crippen molar-refractivity contribution in [2.75, 3.05) is 0 Å². The molecule has 0 atom stereocenters. The molecule has 0 bridgehead atoms. The summed E-state index contributed by atoms with van der Waals surface area (Å²) in [6.45, 7) is 0. The van der Waals surface area contributed by atoms with Crippen LogP contribution in [-0.4, -0.2) is 33.7 Å². The first kappa shape index (κ1) is 19.0. The quantitative estimate of drug-likeness (QED) is 0.353. The fraction of sp³-hybridized carbons (Fsp3) is 0.0435. The summed E-state index contributed by atoms with van der Waals surface area (Å²) in [5.41, 5.74) is 5.77. The van der Waals surface area contributed by atoms with Gasteiger partial charge < -0.3 is 4.57 Å². The van der Waals surface area contributed by atoms with E-state index >= 15 is 0 Å². The van der Waals surface area contributed by atoms with Crippen molar-refractivity contribution >= 4 is 39.9 Å². The van der Waals surface area contributed by atoms with Gasteiger partial charge in [0.1, 0.15) is 23.4 Å². The van der Waals surface area contributed by atoms with E-state index < -0.39 is 0 Å². The van der Waals surface area contributed by atoms with E-state index in [0.717, 1.165) is 33.6 Å². The summed E-state index contributed by atoms with van der Waals surface area (Å²) in [6, 6.07) is 17.2. The first-order valence-electron chi connectivity index (χ1n) is 9.84. The zero-order chi connectivity index (χ0) is 21.8. The van der Waals surface area contributed by atoms with Crippen LogP contribution < -0.4 is 0 Å². The third-order valence-corrected chi connectivity index (χ3v) is 6.02. The normalized spacial score (nSPS) is 11.6. The highest BCUT2D eigenvalue weighted by molar-refractivity contribution is 6.35. The SMILES string of the molecule is Cn1cnc2cc(-n3cnnc3-c3c(-c4cc(Cl)ccc4Cl)nc4ccccn34)ccc21. The van der Waals surface area contributed by atoms with Crippen LogP contribution in [0.5, 0.6) is 0 Å². The van der Waals surface area contributed by atoms with Gasteiger partial charge in [-0.1, -0.05) is 29.3 Å². The van der Waals surface area contributed by atoms with Gasteiger partial charge in [0.25, 0.3) is 0 Å². The number of aryl methyl sites for hydroxylation is 1. The second-order valence-corrected chi connectivity index (χ2v) is 8.26. The average Bonchev–Trinajstić information content (AvgIpc) is 3.51. The standard InChI is InChI=1S/C23H15Cl2N7/c1-30-12-26-18-11-15(6-8-19(18)30)32-13-27-29-23(32)22-21(16-10-14(24)5-7-17(16)25)28-20-4-2-3-9-31(20)22/h2-13H,1H3. The van der Waals surface area contributed by atoms with Crippen molar-refractivity contribution in [2.45, 2.75) is 0 Å². The minimum atomic E-state index is 0.556. The fourth-order valence-electron chi connectivity index (χ4n) is 3.94. The largest absolute Gasteiger partial charge is 0.334 e. The summed E-state index contributed by atoms with van der Waals surface area (Å²) < 4.78 is 5.88. The summed E-state index contributed by atoms with van der Waals surface area (Å²) in [4.78, 5) is 9.33. The van der Waals surface area contributed by atoms with Crippen LogP contribution >= 0.6 is 23.2 Å². The monoisotopic (exact) mass is 459 g/mol. The van der Waals surface area contributed by atoms with Crippen LogP contribution in [0.2, 0.25) is 10.0 Å². The molecule has 0 fully saturated rings. The number of hydrogen-bond acceptors (Lipinski definition) is 4. The molecule has 6 aromatic rings. The van der Waals surface area contributed by atoms with Gasteiger partial charge in [-0.3, -0.25) is 8.97 Å². The highest BCUT2D eigenvalue weighted by Crippen LogP contribution is 2.37. The summed E-state index contributed by atoms with van der Waals surface area (Å²) in [5.74, 6) is 0.630. The van der Waals surface area contributed by atoms with Gasteiger partial charge in [0.15, 0.2) is 5.82 Å². The van der Waals surface area contributed by atoms with Crippen LogP contribution in [-0.2, 0) is 7.05 Å². The van der Waals surface area contributed by atoms with Crippen LogP contribution in [0.4, 0.5) is 0 Å². The van der Waals surface area contributed by atoms with Gasteiger partial charge in [-0.2, -0.15) is 0 Å². The zero-order valence-corrected chi connectivity index (χ0v) is 18.3. The third kappa shape index (κ3) is 2.90. The van der Waals surface area contributed by atoms with Crippen LogP contribution in [0.1, 0.15) is 0 Å². The lowest BCUT2D eigenvalue weighted by atomic mass is 10.1. The van der Waals surface area contributed by atoms with E-state index in [2.05, 4.69) is 15.2 Å². The van der Waals surface area contributed by atoms with Crippen LogP contribution in [0.15, 0.2) is 73.4 Å². The molecule has 0 aliphatic heterocycles. The van der Waals surface area contributed by atoms with Crippen molar-refractivity contribution < 1.29 is 0 Å². The molecule has 4 aromatic heterocycles. The molecule has 0 aliphatic rings. The molecule has 4 heterocycles. The summed E-state index contributed by atoms with van der Waals surface area (Å²) in [6.07, 6.45) is 5.43. The minimum absolute atomic E-state index is 0.556. The molecule has 6 rings (SSSR count). The second-order valence-electron chi connectivity index (χ2n) is 7.42. The summed E-state index contributed by atoms with van der Waals surface area (Å²) in [7, 11) is 1.97. The van der Waals surface area contributed by atoms with E-state index in [0.29, 0.717) is 21.6 Å². The molecule has 32 heavy (non-hydrogen) atoms. The van der Waals surface area contributed by atoms with Gasteiger partial charge in [-0.25, -0.2) is 9.97 Å². The molecule has 7 nitrogen and oxygen atoms in total. The van der Waals surface area contributed by atoms with E-state index in [4.69, 9.17) is 28.2 Å². The van der Waals surface area contributed by atoms with Crippen LogP contribution in [0, 0.1) is 0 Å². The predicted octanol–water partition coefficient (Wildman–Crippen LogP) is 5.44. The van der Waals surface area contributed by atoms with Gasteiger partial charge in [0.05, 0.1) is 28.1 Å². The highest BCUT2D eigenvalue weighted by atomic mass is 35.5. The lowest BCUT2D eigenvalue weighted by Crippen LogP contribution is -2.00. The van der Waals surface area contributed by atoms with Gasteiger partial charge in [0, 0.05) is 23.8 Å². The molecule has 9 heteroatoms. The van der Waals surface area contributed by atoms with Gasteiger partial charge in [-0.05, 0) is 48.5 Å². The lowest BCUT2D eigenvalue weighted by Gasteiger charge is -2.10. The molecule has 0 N–H and O–H groups in total. The van der Waals surface area contributed by atoms with E-state index in [-0.39, 0.29) is 0 Å². The Kier molecular flexibility index (Phi) is 4.28. The topological polar surface area (TPSA) is 65.8 Å². The Balaban J connectivity index is 1.63. The number of aromatic nitrogens is 7. The Morgan fingerprint density at radius 3 is 2.75 bits per heavy atom. The molecule has 0 unspecified atom stereocenters. The van der Waals surface area contributed by atoms with Crippen molar-refractivity contribution in [3.05, 3.63) is 83.5 Å². The van der Waals surface area contributed by atoms with Gasteiger partial charge in [0.2, 0.25) is 0 Å². The number of imidazole rings is 2. The predicted molar refractivity (Wildman–Crippen MR) is 125 cm³/mol. The Morgan fingerprint density at radius 1 is 0.938 bits per heavy atom. The fourth-order valence-corrected chi connectivity index (χ4v) is 4.32. The maximum Gasteiger partial charge on any atom is 0.187 e. The number of pyridine rings is 1. The Bertz CT molecular complexity index is 1630. The Hall–Kier alpha value is -3.68. The molecule has 0 saturated carbocycles. The van der Waals surface area contributed by atoms with Crippen molar-refractivity contribution in [3.63, 3.8) is 0 Å². The van der Waals surface area contributed by atoms with Gasteiger partial charge >= 0.3 is 0 Å². The number of hydrogen-bond donors (Lipinski definition) is 0. The summed E-state index contributed by atoms with van der Waals surface area (Å²) >= 11 is 12.8. The molecule has 0 aliphatic carbocycles. The molecule has 156 valence electrons. The Labute approximate surface area is 192 Å². The number of halogens is 2. The van der Waals surface area contributed by atoms with Crippen molar-refractivity contribution in [3.8, 4) is 28.5 Å². The first-order valence-corrected chi connectivity index (χ1v) is 10.6. The number of fused-ring (bicyclic) bond motifs is 2. The van der Waals surface area contributed by atoms with Crippen LogP contribution in [0.25, 0.3) is 45.1 Å². The second kappa shape index (κ2) is 7.19. The molecular weight excluding hydrogens is 445 g/mol. The first-order chi connectivity index (χ1) is 15.6. The molecule has 0 radical (unpaired) electrons. The van der Waals surface area contributed by atoms with Gasteiger partial charge in [-0.15, -0.1) is 10.2 Å². The molecule has 2 aromatic carbocycles. The lowest BCUT2D eigenvalue weighted by molar-refractivity contribution is 0.947. The maximum atomic E-state index is 6.55. The molecule has 0 saturated heterocycles. The van der Waals surface area contributed by atoms with Crippen LogP contribution in [0.3, 0.4) is 0 Å².